The molecule has 0 aliphatic heterocycles. The summed E-state index contributed by atoms with van der Waals surface area (Å²) in [5.74, 6) is -0.914. The van der Waals surface area contributed by atoms with Gasteiger partial charge in [0.25, 0.3) is 0 Å². The first-order valence-corrected chi connectivity index (χ1v) is 5.45. The maximum atomic E-state index is 10.6. The van der Waals surface area contributed by atoms with Gasteiger partial charge in [-0.3, -0.25) is 4.79 Å². The van der Waals surface area contributed by atoms with Gasteiger partial charge in [-0.05, 0) is 18.6 Å². The Hall–Kier alpha value is -1.81. The molecular weight excluding hydrogens is 218 g/mol. The first-order chi connectivity index (χ1) is 8.08. The molecule has 0 bridgehead atoms. The predicted octanol–water partition coefficient (Wildman–Crippen LogP) is 1.42. The standard InChI is InChI=1S/C13H17NO3/c1-11(15)9-14(10-13(16)17)8-7-12-5-3-2-4-6-12/h2-8,11,15H,9-10H2,1H3,(H,16,17)/b8-7+. The number of carbonyl (C=O) groups is 1. The fourth-order valence-corrected chi connectivity index (χ4v) is 1.45. The van der Waals surface area contributed by atoms with Crippen LogP contribution in [-0.4, -0.2) is 40.3 Å². The number of carboxylic acid groups (broad SMARTS) is 1. The summed E-state index contributed by atoms with van der Waals surface area (Å²) in [5.41, 5.74) is 0.994. The molecule has 4 nitrogen and oxygen atoms in total. The molecule has 0 aliphatic carbocycles. The van der Waals surface area contributed by atoms with Crippen molar-refractivity contribution in [3.8, 4) is 0 Å². The predicted molar refractivity (Wildman–Crippen MR) is 66.4 cm³/mol. The van der Waals surface area contributed by atoms with Crippen molar-refractivity contribution in [3.05, 3.63) is 42.1 Å². The van der Waals surface area contributed by atoms with E-state index in [1.165, 1.54) is 0 Å². The smallest absolute Gasteiger partial charge is 0.323 e. The van der Waals surface area contributed by atoms with Crippen LogP contribution < -0.4 is 0 Å². The zero-order chi connectivity index (χ0) is 12.7. The van der Waals surface area contributed by atoms with Crippen molar-refractivity contribution in [1.82, 2.24) is 4.90 Å². The largest absolute Gasteiger partial charge is 0.480 e. The van der Waals surface area contributed by atoms with E-state index in [4.69, 9.17) is 5.11 Å². The number of aliphatic carboxylic acids is 1. The highest BCUT2D eigenvalue weighted by Gasteiger charge is 2.07. The van der Waals surface area contributed by atoms with Gasteiger partial charge in [-0.2, -0.15) is 0 Å². The molecule has 0 amide bonds. The minimum absolute atomic E-state index is 0.117. The lowest BCUT2D eigenvalue weighted by Gasteiger charge is -2.19. The Bertz CT molecular complexity index is 374. The second-order valence-corrected chi connectivity index (χ2v) is 3.90. The van der Waals surface area contributed by atoms with Crippen LogP contribution >= 0.6 is 0 Å². The highest BCUT2D eigenvalue weighted by molar-refractivity contribution is 5.69. The Morgan fingerprint density at radius 1 is 1.41 bits per heavy atom. The van der Waals surface area contributed by atoms with Gasteiger partial charge in [0.1, 0.15) is 6.54 Å². The van der Waals surface area contributed by atoms with Gasteiger partial charge in [0.2, 0.25) is 0 Å². The number of hydrogen-bond acceptors (Lipinski definition) is 3. The first-order valence-electron chi connectivity index (χ1n) is 5.45. The maximum Gasteiger partial charge on any atom is 0.323 e. The fraction of sp³-hybridized carbons (Fsp3) is 0.308. The quantitative estimate of drug-likeness (QED) is 0.783. The van der Waals surface area contributed by atoms with Crippen LogP contribution in [0.4, 0.5) is 0 Å². The summed E-state index contributed by atoms with van der Waals surface area (Å²) in [4.78, 5) is 12.2. The molecular formula is C13H17NO3. The number of rotatable bonds is 6. The van der Waals surface area contributed by atoms with E-state index in [1.54, 1.807) is 18.0 Å². The lowest BCUT2D eigenvalue weighted by molar-refractivity contribution is -0.137. The topological polar surface area (TPSA) is 60.8 Å². The molecule has 1 rings (SSSR count). The van der Waals surface area contributed by atoms with Crippen LogP contribution in [0.5, 0.6) is 0 Å². The molecule has 0 aromatic heterocycles. The van der Waals surface area contributed by atoms with Crippen LogP contribution in [0.15, 0.2) is 36.5 Å². The molecule has 0 heterocycles. The van der Waals surface area contributed by atoms with E-state index in [9.17, 15) is 9.90 Å². The van der Waals surface area contributed by atoms with Gasteiger partial charge in [0, 0.05) is 12.7 Å². The maximum absolute atomic E-state index is 10.6. The van der Waals surface area contributed by atoms with Crippen molar-refractivity contribution in [2.24, 2.45) is 0 Å². The van der Waals surface area contributed by atoms with Gasteiger partial charge in [-0.1, -0.05) is 30.3 Å². The van der Waals surface area contributed by atoms with Gasteiger partial charge in [0.15, 0.2) is 0 Å². The van der Waals surface area contributed by atoms with E-state index >= 15 is 0 Å². The molecule has 1 atom stereocenters. The lowest BCUT2D eigenvalue weighted by Crippen LogP contribution is -2.31. The average molecular weight is 235 g/mol. The minimum atomic E-state index is -0.914. The average Bonchev–Trinajstić information content (AvgIpc) is 2.26. The first kappa shape index (κ1) is 13.3. The molecule has 0 radical (unpaired) electrons. The Balaban J connectivity index is 2.65. The van der Waals surface area contributed by atoms with Gasteiger partial charge in [0.05, 0.1) is 6.10 Å². The zero-order valence-corrected chi connectivity index (χ0v) is 9.78. The van der Waals surface area contributed by atoms with E-state index in [2.05, 4.69) is 0 Å². The third kappa shape index (κ3) is 5.73. The number of aliphatic hydroxyl groups excluding tert-OH is 1. The molecule has 4 heteroatoms. The molecule has 17 heavy (non-hydrogen) atoms. The number of aliphatic hydroxyl groups is 1. The van der Waals surface area contributed by atoms with Gasteiger partial charge in [-0.15, -0.1) is 0 Å². The third-order valence-corrected chi connectivity index (χ3v) is 2.11. The Morgan fingerprint density at radius 2 is 2.06 bits per heavy atom. The van der Waals surface area contributed by atoms with Gasteiger partial charge >= 0.3 is 5.97 Å². The molecule has 1 aromatic carbocycles. The molecule has 1 unspecified atom stereocenters. The summed E-state index contributed by atoms with van der Waals surface area (Å²) in [6.45, 7) is 1.81. The Kier molecular flexibility index (Phi) is 5.23. The molecule has 0 saturated carbocycles. The van der Waals surface area contributed by atoms with Crippen LogP contribution in [-0.2, 0) is 4.79 Å². The number of carboxylic acids is 1. The number of benzene rings is 1. The van der Waals surface area contributed by atoms with E-state index in [1.807, 2.05) is 36.4 Å². The van der Waals surface area contributed by atoms with E-state index in [0.717, 1.165) is 5.56 Å². The van der Waals surface area contributed by atoms with Crippen LogP contribution in [0.2, 0.25) is 0 Å². The summed E-state index contributed by atoms with van der Waals surface area (Å²) < 4.78 is 0. The molecule has 0 fully saturated rings. The second kappa shape index (κ2) is 6.70. The third-order valence-electron chi connectivity index (χ3n) is 2.11. The summed E-state index contributed by atoms with van der Waals surface area (Å²) in [7, 11) is 0. The SMILES string of the molecule is CC(O)CN(/C=C/c1ccccc1)CC(=O)O. The van der Waals surface area contributed by atoms with Crippen LogP contribution in [0, 0.1) is 0 Å². The zero-order valence-electron chi connectivity index (χ0n) is 9.78. The van der Waals surface area contributed by atoms with Crippen molar-refractivity contribution in [2.45, 2.75) is 13.0 Å². The summed E-state index contributed by atoms with van der Waals surface area (Å²) in [6, 6.07) is 9.60. The summed E-state index contributed by atoms with van der Waals surface area (Å²) in [6.07, 6.45) is 2.95. The molecule has 1 aromatic rings. The van der Waals surface area contributed by atoms with E-state index in [0.29, 0.717) is 6.54 Å². The van der Waals surface area contributed by atoms with E-state index in [-0.39, 0.29) is 6.54 Å². The molecule has 2 N–H and O–H groups in total. The van der Waals surface area contributed by atoms with Crippen molar-refractivity contribution >= 4 is 12.0 Å². The molecule has 0 aliphatic rings. The summed E-state index contributed by atoms with van der Waals surface area (Å²) >= 11 is 0. The number of nitrogens with zero attached hydrogens (tertiary/aromatic N) is 1. The van der Waals surface area contributed by atoms with Crippen LogP contribution in [0.3, 0.4) is 0 Å². The van der Waals surface area contributed by atoms with Gasteiger partial charge < -0.3 is 15.1 Å². The molecule has 92 valence electrons. The van der Waals surface area contributed by atoms with Crippen molar-refractivity contribution in [2.75, 3.05) is 13.1 Å². The molecule has 0 saturated heterocycles. The number of hydrogen-bond donors (Lipinski definition) is 2. The highest BCUT2D eigenvalue weighted by atomic mass is 16.4. The van der Waals surface area contributed by atoms with E-state index < -0.39 is 12.1 Å². The van der Waals surface area contributed by atoms with Crippen LogP contribution in [0.25, 0.3) is 6.08 Å². The van der Waals surface area contributed by atoms with Crippen molar-refractivity contribution in [3.63, 3.8) is 0 Å². The lowest BCUT2D eigenvalue weighted by atomic mass is 10.2. The van der Waals surface area contributed by atoms with Crippen molar-refractivity contribution < 1.29 is 15.0 Å². The van der Waals surface area contributed by atoms with Crippen LogP contribution in [0.1, 0.15) is 12.5 Å². The highest BCUT2D eigenvalue weighted by Crippen LogP contribution is 2.03. The van der Waals surface area contributed by atoms with Gasteiger partial charge in [-0.25, -0.2) is 0 Å². The fourth-order valence-electron chi connectivity index (χ4n) is 1.45. The summed E-state index contributed by atoms with van der Waals surface area (Å²) in [5, 5.41) is 18.0. The minimum Gasteiger partial charge on any atom is -0.480 e. The Labute approximate surface area is 101 Å². The normalized spacial score (nSPS) is 12.6. The van der Waals surface area contributed by atoms with Crippen molar-refractivity contribution in [1.29, 1.82) is 0 Å². The Morgan fingerprint density at radius 3 is 2.59 bits per heavy atom. The molecule has 0 spiro atoms. The monoisotopic (exact) mass is 235 g/mol. The second-order valence-electron chi connectivity index (χ2n) is 3.90.